The third kappa shape index (κ3) is 9.48. The van der Waals surface area contributed by atoms with Crippen LogP contribution in [0.3, 0.4) is 0 Å². The van der Waals surface area contributed by atoms with Gasteiger partial charge >= 0.3 is 5.97 Å². The largest absolute Gasteiger partial charge is 0.465 e. The molecule has 0 saturated heterocycles. The third-order valence-corrected chi connectivity index (χ3v) is 1.70. The molecule has 0 aromatic heterocycles. The molecule has 0 aliphatic carbocycles. The molecule has 0 aromatic rings. The molecule has 0 aliphatic rings. The molecular formula is C10H21NO3. The highest BCUT2D eigenvalue weighted by Crippen LogP contribution is 1.89. The lowest BCUT2D eigenvalue weighted by Crippen LogP contribution is -2.28. The monoisotopic (exact) mass is 203 g/mol. The first-order chi connectivity index (χ1) is 6.52. The minimum atomic E-state index is -0.225. The predicted molar refractivity (Wildman–Crippen MR) is 55.2 cm³/mol. The van der Waals surface area contributed by atoms with Gasteiger partial charge in [0.15, 0.2) is 0 Å². The maximum Gasteiger partial charge on any atom is 0.302 e. The summed E-state index contributed by atoms with van der Waals surface area (Å²) in [4.78, 5) is 12.5. The molecule has 0 atom stereocenters. The predicted octanol–water partition coefficient (Wildman–Crippen LogP) is 0.906. The summed E-state index contributed by atoms with van der Waals surface area (Å²) in [5, 5.41) is 0. The molecule has 0 radical (unpaired) electrons. The van der Waals surface area contributed by atoms with Crippen molar-refractivity contribution in [1.82, 2.24) is 4.90 Å². The van der Waals surface area contributed by atoms with Crippen LogP contribution in [0.25, 0.3) is 0 Å². The quantitative estimate of drug-likeness (QED) is 0.576. The molecule has 0 fully saturated rings. The molecule has 0 spiro atoms. The number of esters is 1. The Morgan fingerprint density at radius 2 is 1.86 bits per heavy atom. The van der Waals surface area contributed by atoms with Crippen molar-refractivity contribution in [2.24, 2.45) is 0 Å². The van der Waals surface area contributed by atoms with Crippen molar-refractivity contribution in [3.63, 3.8) is 0 Å². The van der Waals surface area contributed by atoms with Crippen molar-refractivity contribution in [2.45, 2.75) is 26.9 Å². The Bertz CT molecular complexity index is 159. The standard InChI is InChI=1S/C10H21NO3/c1-9(2)13-7-5-11(4)6-8-14-10(3)12/h9H,5-8H2,1-4H3. The van der Waals surface area contributed by atoms with Crippen LogP contribution in [0.4, 0.5) is 0 Å². The van der Waals surface area contributed by atoms with Crippen LogP contribution in [0.1, 0.15) is 20.8 Å². The summed E-state index contributed by atoms with van der Waals surface area (Å²) in [6.45, 7) is 8.22. The average Bonchev–Trinajstić information content (AvgIpc) is 2.02. The number of likely N-dealkylation sites (N-methyl/N-ethyl adjacent to an activating group) is 1. The van der Waals surface area contributed by atoms with Crippen molar-refractivity contribution in [3.05, 3.63) is 0 Å². The van der Waals surface area contributed by atoms with E-state index in [2.05, 4.69) is 4.90 Å². The van der Waals surface area contributed by atoms with Gasteiger partial charge in [0.25, 0.3) is 0 Å². The molecular weight excluding hydrogens is 182 g/mol. The van der Waals surface area contributed by atoms with E-state index >= 15 is 0 Å². The fraction of sp³-hybridized carbons (Fsp3) is 0.900. The van der Waals surface area contributed by atoms with Crippen LogP contribution < -0.4 is 0 Å². The molecule has 4 heteroatoms. The molecule has 4 nitrogen and oxygen atoms in total. The molecule has 0 amide bonds. The Balaban J connectivity index is 3.27. The first kappa shape index (κ1) is 13.4. The molecule has 14 heavy (non-hydrogen) atoms. The van der Waals surface area contributed by atoms with Crippen molar-refractivity contribution < 1.29 is 14.3 Å². The second kappa shape index (κ2) is 7.76. The maximum atomic E-state index is 10.5. The zero-order valence-corrected chi connectivity index (χ0v) is 9.58. The molecule has 0 N–H and O–H groups in total. The first-order valence-corrected chi connectivity index (χ1v) is 4.96. The highest BCUT2D eigenvalue weighted by Gasteiger charge is 2.00. The van der Waals surface area contributed by atoms with Gasteiger partial charge in [-0.15, -0.1) is 0 Å². The smallest absolute Gasteiger partial charge is 0.302 e. The van der Waals surface area contributed by atoms with Crippen LogP contribution in [0.2, 0.25) is 0 Å². The van der Waals surface area contributed by atoms with Crippen LogP contribution in [-0.2, 0) is 14.3 Å². The molecule has 0 rings (SSSR count). The van der Waals surface area contributed by atoms with Crippen LogP contribution in [0.15, 0.2) is 0 Å². The minimum absolute atomic E-state index is 0.225. The van der Waals surface area contributed by atoms with E-state index in [9.17, 15) is 4.79 Å². The van der Waals surface area contributed by atoms with Crippen molar-refractivity contribution in [2.75, 3.05) is 33.4 Å². The van der Waals surface area contributed by atoms with Crippen molar-refractivity contribution in [3.8, 4) is 0 Å². The van der Waals surface area contributed by atoms with Gasteiger partial charge in [0.2, 0.25) is 0 Å². The highest BCUT2D eigenvalue weighted by atomic mass is 16.5. The van der Waals surface area contributed by atoms with Crippen LogP contribution in [-0.4, -0.2) is 50.3 Å². The van der Waals surface area contributed by atoms with E-state index in [1.807, 2.05) is 20.9 Å². The highest BCUT2D eigenvalue weighted by molar-refractivity contribution is 5.65. The summed E-state index contributed by atoms with van der Waals surface area (Å²) in [6, 6.07) is 0. The molecule has 0 aliphatic heterocycles. The fourth-order valence-corrected chi connectivity index (χ4v) is 0.901. The molecule has 0 saturated carbocycles. The van der Waals surface area contributed by atoms with E-state index in [0.29, 0.717) is 13.2 Å². The van der Waals surface area contributed by atoms with Gasteiger partial charge < -0.3 is 14.4 Å². The van der Waals surface area contributed by atoms with Gasteiger partial charge in [-0.05, 0) is 20.9 Å². The van der Waals surface area contributed by atoms with Gasteiger partial charge in [0, 0.05) is 20.0 Å². The SMILES string of the molecule is CC(=O)OCCN(C)CCOC(C)C. The number of ether oxygens (including phenoxy) is 2. The molecule has 0 aromatic carbocycles. The zero-order valence-electron chi connectivity index (χ0n) is 9.58. The Kier molecular flexibility index (Phi) is 7.42. The molecule has 0 unspecified atom stereocenters. The van der Waals surface area contributed by atoms with E-state index in [1.165, 1.54) is 6.92 Å². The Morgan fingerprint density at radius 1 is 1.29 bits per heavy atom. The lowest BCUT2D eigenvalue weighted by atomic mass is 10.5. The molecule has 84 valence electrons. The lowest BCUT2D eigenvalue weighted by Gasteiger charge is -2.17. The summed E-state index contributed by atoms with van der Waals surface area (Å²) in [5.41, 5.74) is 0. The maximum absolute atomic E-state index is 10.5. The van der Waals surface area contributed by atoms with Gasteiger partial charge in [-0.25, -0.2) is 0 Å². The Morgan fingerprint density at radius 3 is 2.36 bits per heavy atom. The van der Waals surface area contributed by atoms with E-state index in [0.717, 1.165) is 13.1 Å². The second-order valence-corrected chi connectivity index (χ2v) is 3.56. The topological polar surface area (TPSA) is 38.8 Å². The number of rotatable bonds is 7. The van der Waals surface area contributed by atoms with Gasteiger partial charge in [-0.1, -0.05) is 0 Å². The fourth-order valence-electron chi connectivity index (χ4n) is 0.901. The number of nitrogens with zero attached hydrogens (tertiary/aromatic N) is 1. The minimum Gasteiger partial charge on any atom is -0.465 e. The first-order valence-electron chi connectivity index (χ1n) is 4.96. The van der Waals surface area contributed by atoms with E-state index in [4.69, 9.17) is 9.47 Å². The van der Waals surface area contributed by atoms with Crippen molar-refractivity contribution in [1.29, 1.82) is 0 Å². The van der Waals surface area contributed by atoms with E-state index in [-0.39, 0.29) is 12.1 Å². The normalized spacial score (nSPS) is 11.0. The van der Waals surface area contributed by atoms with Crippen LogP contribution >= 0.6 is 0 Å². The summed E-state index contributed by atoms with van der Waals surface area (Å²) in [6.07, 6.45) is 0.275. The van der Waals surface area contributed by atoms with Crippen molar-refractivity contribution >= 4 is 5.97 Å². The Labute approximate surface area is 86.2 Å². The summed E-state index contributed by atoms with van der Waals surface area (Å²) in [5.74, 6) is -0.225. The summed E-state index contributed by atoms with van der Waals surface area (Å²) >= 11 is 0. The molecule has 0 bridgehead atoms. The zero-order chi connectivity index (χ0) is 11.0. The van der Waals surface area contributed by atoms with Crippen LogP contribution in [0.5, 0.6) is 0 Å². The van der Waals surface area contributed by atoms with Gasteiger partial charge in [-0.3, -0.25) is 4.79 Å². The van der Waals surface area contributed by atoms with E-state index < -0.39 is 0 Å². The summed E-state index contributed by atoms with van der Waals surface area (Å²) in [7, 11) is 1.98. The summed E-state index contributed by atoms with van der Waals surface area (Å²) < 4.78 is 10.2. The number of carbonyl (C=O) groups excluding carboxylic acids is 1. The second-order valence-electron chi connectivity index (χ2n) is 3.56. The number of hydrogen-bond acceptors (Lipinski definition) is 4. The van der Waals surface area contributed by atoms with Gasteiger partial charge in [0.1, 0.15) is 6.61 Å². The van der Waals surface area contributed by atoms with Gasteiger partial charge in [-0.2, -0.15) is 0 Å². The lowest BCUT2D eigenvalue weighted by molar-refractivity contribution is -0.141. The average molecular weight is 203 g/mol. The third-order valence-electron chi connectivity index (χ3n) is 1.70. The van der Waals surface area contributed by atoms with Crippen LogP contribution in [0, 0.1) is 0 Å². The Hall–Kier alpha value is -0.610. The number of hydrogen-bond donors (Lipinski definition) is 0. The number of carbonyl (C=O) groups is 1. The van der Waals surface area contributed by atoms with Gasteiger partial charge in [0.05, 0.1) is 12.7 Å². The van der Waals surface area contributed by atoms with E-state index in [1.54, 1.807) is 0 Å². The molecule has 0 heterocycles.